The maximum absolute atomic E-state index is 13.0. The molecule has 154 valence electrons. The number of anilines is 1. The van der Waals surface area contributed by atoms with Gasteiger partial charge in [-0.1, -0.05) is 30.3 Å². The highest BCUT2D eigenvalue weighted by Crippen LogP contribution is 2.47. The van der Waals surface area contributed by atoms with E-state index in [1.54, 1.807) is 12.1 Å². The lowest BCUT2D eigenvalue weighted by Gasteiger charge is -2.42. The quantitative estimate of drug-likeness (QED) is 0.719. The molecule has 1 saturated heterocycles. The molecule has 1 heterocycles. The van der Waals surface area contributed by atoms with E-state index < -0.39 is 11.4 Å². The van der Waals surface area contributed by atoms with Crippen LogP contribution in [0.15, 0.2) is 54.6 Å². The molecular weight excluding hydrogens is 364 g/mol. The van der Waals surface area contributed by atoms with E-state index in [0.29, 0.717) is 12.0 Å². The molecule has 1 aliphatic heterocycles. The first-order valence-electron chi connectivity index (χ1n) is 10.0. The van der Waals surface area contributed by atoms with Crippen molar-refractivity contribution in [1.82, 2.24) is 4.90 Å². The van der Waals surface area contributed by atoms with Crippen LogP contribution in [-0.4, -0.2) is 49.4 Å². The molecule has 0 spiro atoms. The fourth-order valence-corrected chi connectivity index (χ4v) is 4.58. The van der Waals surface area contributed by atoms with Gasteiger partial charge in [0.1, 0.15) is 5.54 Å². The zero-order chi connectivity index (χ0) is 21.0. The molecule has 4 N–H and O–H groups in total. The molecule has 0 aliphatic carbocycles. The molecule has 2 aromatic rings. The molecule has 0 saturated carbocycles. The van der Waals surface area contributed by atoms with Gasteiger partial charge in [-0.2, -0.15) is 0 Å². The van der Waals surface area contributed by atoms with Crippen molar-refractivity contribution in [2.24, 2.45) is 11.5 Å². The van der Waals surface area contributed by atoms with E-state index in [1.807, 2.05) is 56.6 Å². The van der Waals surface area contributed by atoms with Gasteiger partial charge >= 0.3 is 0 Å². The van der Waals surface area contributed by atoms with Crippen molar-refractivity contribution in [3.63, 3.8) is 0 Å². The second-order valence-electron chi connectivity index (χ2n) is 8.01. The Balaban J connectivity index is 2.03. The summed E-state index contributed by atoms with van der Waals surface area (Å²) in [6.45, 7) is 1.63. The first-order valence-corrected chi connectivity index (χ1v) is 10.0. The second-order valence-corrected chi connectivity index (χ2v) is 8.01. The molecule has 6 heteroatoms. The lowest BCUT2D eigenvalue weighted by atomic mass is 9.75. The third kappa shape index (κ3) is 4.12. The molecule has 1 aliphatic rings. The Morgan fingerprint density at radius 2 is 1.72 bits per heavy atom. The number of primary amides is 2. The fourth-order valence-electron chi connectivity index (χ4n) is 4.58. The lowest BCUT2D eigenvalue weighted by Crippen LogP contribution is -2.57. The highest BCUT2D eigenvalue weighted by atomic mass is 16.2. The van der Waals surface area contributed by atoms with Crippen molar-refractivity contribution in [1.29, 1.82) is 0 Å². The molecule has 2 atom stereocenters. The van der Waals surface area contributed by atoms with Gasteiger partial charge < -0.3 is 21.3 Å². The average molecular weight is 395 g/mol. The summed E-state index contributed by atoms with van der Waals surface area (Å²) in [4.78, 5) is 28.8. The van der Waals surface area contributed by atoms with Crippen LogP contribution in [-0.2, 0) is 4.79 Å². The van der Waals surface area contributed by atoms with Crippen molar-refractivity contribution in [3.05, 3.63) is 65.7 Å². The summed E-state index contributed by atoms with van der Waals surface area (Å²) in [5.74, 6) is -0.813. The van der Waals surface area contributed by atoms with Crippen molar-refractivity contribution in [2.75, 3.05) is 32.1 Å². The number of carbonyl (C=O) groups excluding carboxylic acids is 2. The summed E-state index contributed by atoms with van der Waals surface area (Å²) < 4.78 is 0. The van der Waals surface area contributed by atoms with Crippen molar-refractivity contribution in [2.45, 2.75) is 30.7 Å². The summed E-state index contributed by atoms with van der Waals surface area (Å²) in [6, 6.07) is 17.3. The minimum absolute atomic E-state index is 0.0516. The average Bonchev–Trinajstić information content (AvgIpc) is 3.09. The van der Waals surface area contributed by atoms with E-state index in [9.17, 15) is 9.59 Å². The predicted octanol–water partition coefficient (Wildman–Crippen LogP) is 2.35. The van der Waals surface area contributed by atoms with Gasteiger partial charge in [-0.25, -0.2) is 0 Å². The Bertz CT molecular complexity index is 851. The van der Waals surface area contributed by atoms with Crippen LogP contribution in [0.3, 0.4) is 0 Å². The van der Waals surface area contributed by atoms with Crippen LogP contribution < -0.4 is 16.4 Å². The molecule has 0 radical (unpaired) electrons. The van der Waals surface area contributed by atoms with Crippen molar-refractivity contribution >= 4 is 17.5 Å². The Kier molecular flexibility index (Phi) is 6.23. The normalized spacial score (nSPS) is 21.5. The maximum Gasteiger partial charge on any atom is 0.248 e. The summed E-state index contributed by atoms with van der Waals surface area (Å²) >= 11 is 0. The van der Waals surface area contributed by atoms with Gasteiger partial charge in [0.05, 0.1) is 0 Å². The highest BCUT2D eigenvalue weighted by Gasteiger charge is 2.53. The molecule has 1 unspecified atom stereocenters. The fraction of sp³-hybridized carbons (Fsp3) is 0.391. The van der Waals surface area contributed by atoms with Crippen LogP contribution in [0.1, 0.15) is 41.1 Å². The van der Waals surface area contributed by atoms with Gasteiger partial charge in [-0.3, -0.25) is 9.59 Å². The van der Waals surface area contributed by atoms with Gasteiger partial charge in [0.15, 0.2) is 0 Å². The number of amides is 2. The number of rotatable bonds is 8. The van der Waals surface area contributed by atoms with Crippen LogP contribution in [0.25, 0.3) is 0 Å². The van der Waals surface area contributed by atoms with Crippen molar-refractivity contribution in [3.8, 4) is 0 Å². The molecule has 2 aromatic carbocycles. The second kappa shape index (κ2) is 8.66. The molecule has 1 fully saturated rings. The van der Waals surface area contributed by atoms with E-state index in [2.05, 4.69) is 9.80 Å². The Morgan fingerprint density at radius 3 is 2.28 bits per heavy atom. The molecular formula is C23H30N4O2. The number of nitrogens with two attached hydrogens (primary N) is 2. The Hall–Kier alpha value is -2.86. The third-order valence-corrected chi connectivity index (χ3v) is 5.95. The minimum Gasteiger partial charge on any atom is -0.368 e. The van der Waals surface area contributed by atoms with E-state index in [4.69, 9.17) is 11.5 Å². The molecule has 3 rings (SSSR count). The number of para-hydroxylation sites is 1. The van der Waals surface area contributed by atoms with E-state index in [0.717, 1.165) is 37.2 Å². The van der Waals surface area contributed by atoms with Gasteiger partial charge in [0.2, 0.25) is 11.8 Å². The standard InChI is InChI=1S/C23H30N4O2/c1-26(2)15-6-14-23(22(25)29)20(17-9-11-18(12-10-17)21(24)28)13-16-27(23)19-7-4-3-5-8-19/h3-5,7-12,20H,6,13-16H2,1-2H3,(H2,24,28)(H2,25,29)/t20?,23-/m0/s1. The predicted molar refractivity (Wildman–Crippen MR) is 116 cm³/mol. The number of hydrogen-bond acceptors (Lipinski definition) is 4. The van der Waals surface area contributed by atoms with Gasteiger partial charge in [-0.05, 0) is 69.7 Å². The lowest BCUT2D eigenvalue weighted by molar-refractivity contribution is -0.123. The zero-order valence-electron chi connectivity index (χ0n) is 17.2. The van der Waals surface area contributed by atoms with Crippen LogP contribution in [0.4, 0.5) is 5.69 Å². The van der Waals surface area contributed by atoms with Gasteiger partial charge in [0, 0.05) is 23.7 Å². The summed E-state index contributed by atoms with van der Waals surface area (Å²) in [7, 11) is 4.06. The largest absolute Gasteiger partial charge is 0.368 e. The SMILES string of the molecule is CN(C)CCC[C@@]1(C(N)=O)C(c2ccc(C(N)=O)cc2)CCN1c1ccccc1. The van der Waals surface area contributed by atoms with E-state index in [1.165, 1.54) is 0 Å². The monoisotopic (exact) mass is 394 g/mol. The smallest absolute Gasteiger partial charge is 0.248 e. The Labute approximate surface area is 172 Å². The molecule has 0 aromatic heterocycles. The first-order chi connectivity index (χ1) is 13.9. The number of carbonyl (C=O) groups is 2. The Morgan fingerprint density at radius 1 is 1.07 bits per heavy atom. The van der Waals surface area contributed by atoms with Crippen LogP contribution in [0.5, 0.6) is 0 Å². The highest BCUT2D eigenvalue weighted by molar-refractivity contribution is 5.93. The molecule has 2 amide bonds. The van der Waals surface area contributed by atoms with E-state index >= 15 is 0 Å². The third-order valence-electron chi connectivity index (χ3n) is 5.95. The minimum atomic E-state index is -0.814. The van der Waals surface area contributed by atoms with Gasteiger partial charge in [-0.15, -0.1) is 0 Å². The van der Waals surface area contributed by atoms with Crippen LogP contribution >= 0.6 is 0 Å². The van der Waals surface area contributed by atoms with Crippen molar-refractivity contribution < 1.29 is 9.59 Å². The topological polar surface area (TPSA) is 92.7 Å². The first kappa shape index (κ1) is 20.9. The number of hydrogen-bond donors (Lipinski definition) is 2. The van der Waals surface area contributed by atoms with Crippen LogP contribution in [0, 0.1) is 0 Å². The number of benzene rings is 2. The number of nitrogens with zero attached hydrogens (tertiary/aromatic N) is 2. The maximum atomic E-state index is 13.0. The molecule has 29 heavy (non-hydrogen) atoms. The molecule has 6 nitrogen and oxygen atoms in total. The summed E-state index contributed by atoms with van der Waals surface area (Å²) in [5.41, 5.74) is 13.2. The van der Waals surface area contributed by atoms with Crippen LogP contribution in [0.2, 0.25) is 0 Å². The zero-order valence-corrected chi connectivity index (χ0v) is 17.2. The van der Waals surface area contributed by atoms with E-state index in [-0.39, 0.29) is 11.8 Å². The molecule has 0 bridgehead atoms. The summed E-state index contributed by atoms with van der Waals surface area (Å²) in [6.07, 6.45) is 2.34. The van der Waals surface area contributed by atoms with Gasteiger partial charge in [0.25, 0.3) is 0 Å². The summed E-state index contributed by atoms with van der Waals surface area (Å²) in [5, 5.41) is 0.